The Balaban J connectivity index is 1.54. The van der Waals surface area contributed by atoms with Gasteiger partial charge in [-0.3, -0.25) is 14.9 Å². The average Bonchev–Trinajstić information content (AvgIpc) is 3.18. The van der Waals surface area contributed by atoms with Gasteiger partial charge in [-0.15, -0.1) is 0 Å². The molecule has 0 aliphatic heterocycles. The van der Waals surface area contributed by atoms with Crippen molar-refractivity contribution in [1.29, 1.82) is 0 Å². The number of hydrogen-bond acceptors (Lipinski definition) is 4. The molecule has 4 rings (SSSR count). The number of hydrazone groups is 1. The molecule has 0 bridgehead atoms. The highest BCUT2D eigenvalue weighted by atomic mass is 16.2. The van der Waals surface area contributed by atoms with Gasteiger partial charge in [0.2, 0.25) is 0 Å². The van der Waals surface area contributed by atoms with Crippen LogP contribution in [0, 0.1) is 0 Å². The van der Waals surface area contributed by atoms with Crippen LogP contribution in [0.5, 0.6) is 0 Å². The van der Waals surface area contributed by atoms with E-state index in [0.29, 0.717) is 11.4 Å². The van der Waals surface area contributed by atoms with Crippen LogP contribution in [-0.2, 0) is 0 Å². The number of rotatable bonds is 4. The van der Waals surface area contributed by atoms with Crippen molar-refractivity contribution in [2.24, 2.45) is 5.10 Å². The Morgan fingerprint density at radius 2 is 1.96 bits per heavy atom. The Hall–Kier alpha value is -3.80. The van der Waals surface area contributed by atoms with Crippen LogP contribution in [0.25, 0.3) is 22.0 Å². The van der Waals surface area contributed by atoms with Gasteiger partial charge in [-0.05, 0) is 22.9 Å². The Morgan fingerprint density at radius 1 is 1.08 bits per heavy atom. The molecule has 0 aliphatic carbocycles. The van der Waals surface area contributed by atoms with Crippen LogP contribution in [0.15, 0.2) is 78.2 Å². The third-order valence-corrected chi connectivity index (χ3v) is 3.95. The summed E-state index contributed by atoms with van der Waals surface area (Å²) in [7, 11) is 0. The van der Waals surface area contributed by atoms with Crippen LogP contribution in [-0.4, -0.2) is 27.3 Å². The Labute approximate surface area is 149 Å². The van der Waals surface area contributed by atoms with Crippen LogP contribution in [0.1, 0.15) is 16.1 Å². The summed E-state index contributed by atoms with van der Waals surface area (Å²) in [6, 6.07) is 19.4. The molecule has 1 amide bonds. The van der Waals surface area contributed by atoms with E-state index in [1.807, 2.05) is 48.5 Å². The van der Waals surface area contributed by atoms with Crippen molar-refractivity contribution in [2.75, 3.05) is 0 Å². The zero-order valence-corrected chi connectivity index (χ0v) is 13.8. The second-order valence-electron chi connectivity index (χ2n) is 5.68. The molecule has 0 unspecified atom stereocenters. The van der Waals surface area contributed by atoms with Gasteiger partial charge in [-0.25, -0.2) is 5.43 Å². The fourth-order valence-corrected chi connectivity index (χ4v) is 2.70. The SMILES string of the molecule is O=C(N/N=C\c1cccnc1)c1cc(-c2cccc3ccccc23)n[nH]1. The highest BCUT2D eigenvalue weighted by Crippen LogP contribution is 2.27. The number of nitrogens with zero attached hydrogens (tertiary/aromatic N) is 3. The van der Waals surface area contributed by atoms with E-state index in [1.54, 1.807) is 24.5 Å². The highest BCUT2D eigenvalue weighted by molar-refractivity contribution is 5.98. The monoisotopic (exact) mass is 341 g/mol. The van der Waals surface area contributed by atoms with Crippen molar-refractivity contribution >= 4 is 22.9 Å². The smallest absolute Gasteiger partial charge is 0.272 e. The molecular weight excluding hydrogens is 326 g/mol. The molecule has 0 saturated carbocycles. The standard InChI is InChI=1S/C20H15N5O/c26-20(25-22-13-14-5-4-10-21-12-14)19-11-18(23-24-19)17-9-3-7-15-6-1-2-8-16(15)17/h1-13H,(H,23,24)(H,25,26)/b22-13-. The summed E-state index contributed by atoms with van der Waals surface area (Å²) < 4.78 is 0. The summed E-state index contributed by atoms with van der Waals surface area (Å²) in [4.78, 5) is 16.2. The molecular formula is C20H15N5O. The summed E-state index contributed by atoms with van der Waals surface area (Å²) in [5, 5.41) is 13.2. The molecule has 0 fully saturated rings. The Kier molecular flexibility index (Phi) is 4.22. The third-order valence-electron chi connectivity index (χ3n) is 3.95. The zero-order chi connectivity index (χ0) is 17.8. The molecule has 6 heteroatoms. The lowest BCUT2D eigenvalue weighted by Crippen LogP contribution is -2.18. The topological polar surface area (TPSA) is 83.0 Å². The Morgan fingerprint density at radius 3 is 2.85 bits per heavy atom. The number of fused-ring (bicyclic) bond motifs is 1. The van der Waals surface area contributed by atoms with Crippen LogP contribution in [0.3, 0.4) is 0 Å². The van der Waals surface area contributed by atoms with Gasteiger partial charge in [0, 0.05) is 23.5 Å². The van der Waals surface area contributed by atoms with Gasteiger partial charge in [-0.1, -0.05) is 48.5 Å². The number of benzene rings is 2. The highest BCUT2D eigenvalue weighted by Gasteiger charge is 2.12. The van der Waals surface area contributed by atoms with Crippen LogP contribution in [0.4, 0.5) is 0 Å². The maximum atomic E-state index is 12.2. The van der Waals surface area contributed by atoms with Crippen molar-refractivity contribution < 1.29 is 4.79 Å². The van der Waals surface area contributed by atoms with Gasteiger partial charge in [0.25, 0.3) is 5.91 Å². The second-order valence-corrected chi connectivity index (χ2v) is 5.68. The van der Waals surface area contributed by atoms with E-state index in [4.69, 9.17) is 0 Å². The molecule has 0 atom stereocenters. The molecule has 126 valence electrons. The first kappa shape index (κ1) is 15.7. The predicted octanol–water partition coefficient (Wildman–Crippen LogP) is 3.39. The first-order valence-electron chi connectivity index (χ1n) is 8.08. The number of aromatic amines is 1. The molecule has 2 N–H and O–H groups in total. The molecule has 2 aromatic carbocycles. The number of pyridine rings is 1. The molecule has 0 spiro atoms. The lowest BCUT2D eigenvalue weighted by Gasteiger charge is -2.02. The lowest BCUT2D eigenvalue weighted by atomic mass is 10.0. The number of hydrogen-bond donors (Lipinski definition) is 2. The van der Waals surface area contributed by atoms with Gasteiger partial charge in [0.15, 0.2) is 0 Å². The molecule has 6 nitrogen and oxygen atoms in total. The van der Waals surface area contributed by atoms with Gasteiger partial charge in [0.1, 0.15) is 5.69 Å². The fourth-order valence-electron chi connectivity index (χ4n) is 2.70. The van der Waals surface area contributed by atoms with Crippen LogP contribution < -0.4 is 5.43 Å². The zero-order valence-electron chi connectivity index (χ0n) is 13.8. The fraction of sp³-hybridized carbons (Fsp3) is 0. The van der Waals surface area contributed by atoms with E-state index >= 15 is 0 Å². The molecule has 0 saturated heterocycles. The third kappa shape index (κ3) is 3.21. The summed E-state index contributed by atoms with van der Waals surface area (Å²) in [5.41, 5.74) is 5.31. The van der Waals surface area contributed by atoms with Crippen molar-refractivity contribution in [1.82, 2.24) is 20.6 Å². The molecule has 0 aliphatic rings. The van der Waals surface area contributed by atoms with E-state index in [-0.39, 0.29) is 5.91 Å². The minimum absolute atomic E-state index is 0.344. The summed E-state index contributed by atoms with van der Waals surface area (Å²) in [6.45, 7) is 0. The number of carbonyl (C=O) groups excluding carboxylic acids is 1. The number of H-pyrrole nitrogens is 1. The van der Waals surface area contributed by atoms with Gasteiger partial charge < -0.3 is 0 Å². The van der Waals surface area contributed by atoms with Crippen molar-refractivity contribution in [3.8, 4) is 11.3 Å². The number of aromatic nitrogens is 3. The predicted molar refractivity (Wildman–Crippen MR) is 101 cm³/mol. The largest absolute Gasteiger partial charge is 0.289 e. The minimum Gasteiger partial charge on any atom is -0.272 e. The average molecular weight is 341 g/mol. The van der Waals surface area contributed by atoms with Crippen molar-refractivity contribution in [3.05, 3.63) is 84.3 Å². The maximum absolute atomic E-state index is 12.2. The van der Waals surface area contributed by atoms with E-state index in [1.165, 1.54) is 6.21 Å². The molecule has 26 heavy (non-hydrogen) atoms. The first-order chi connectivity index (χ1) is 12.8. The number of carbonyl (C=O) groups is 1. The van der Waals surface area contributed by atoms with Crippen LogP contribution >= 0.6 is 0 Å². The van der Waals surface area contributed by atoms with Gasteiger partial charge in [0.05, 0.1) is 11.9 Å². The number of amides is 1. The van der Waals surface area contributed by atoms with Crippen LogP contribution in [0.2, 0.25) is 0 Å². The van der Waals surface area contributed by atoms with Crippen molar-refractivity contribution in [2.45, 2.75) is 0 Å². The molecule has 2 aromatic heterocycles. The van der Waals surface area contributed by atoms with E-state index in [9.17, 15) is 4.79 Å². The molecule has 2 heterocycles. The normalized spacial score (nSPS) is 11.1. The van der Waals surface area contributed by atoms with E-state index in [0.717, 1.165) is 21.9 Å². The minimum atomic E-state index is -0.357. The lowest BCUT2D eigenvalue weighted by molar-refractivity contribution is 0.0950. The van der Waals surface area contributed by atoms with E-state index in [2.05, 4.69) is 25.7 Å². The number of nitrogens with one attached hydrogen (secondary N) is 2. The molecule has 0 radical (unpaired) electrons. The summed E-state index contributed by atoms with van der Waals surface area (Å²) in [6.07, 6.45) is 4.87. The second kappa shape index (κ2) is 6.98. The Bertz CT molecular complexity index is 1080. The first-order valence-corrected chi connectivity index (χ1v) is 8.08. The van der Waals surface area contributed by atoms with Crippen molar-refractivity contribution in [3.63, 3.8) is 0 Å². The van der Waals surface area contributed by atoms with E-state index < -0.39 is 0 Å². The summed E-state index contributed by atoms with van der Waals surface area (Å²) >= 11 is 0. The summed E-state index contributed by atoms with van der Waals surface area (Å²) in [5.74, 6) is -0.357. The van der Waals surface area contributed by atoms with Gasteiger partial charge >= 0.3 is 0 Å². The van der Waals surface area contributed by atoms with Gasteiger partial charge in [-0.2, -0.15) is 10.2 Å². The maximum Gasteiger partial charge on any atom is 0.289 e. The molecule has 4 aromatic rings. The quantitative estimate of drug-likeness (QED) is 0.441.